The molecule has 1 aliphatic heterocycles. The van der Waals surface area contributed by atoms with E-state index in [4.69, 9.17) is 9.47 Å². The van der Waals surface area contributed by atoms with Crippen molar-refractivity contribution in [2.24, 2.45) is 0 Å². The second kappa shape index (κ2) is 10.6. The van der Waals surface area contributed by atoms with E-state index in [2.05, 4.69) is 25.6 Å². The van der Waals surface area contributed by atoms with Crippen LogP contribution >= 0.6 is 0 Å². The molecule has 11 nitrogen and oxygen atoms in total. The largest absolute Gasteiger partial charge is 0.474 e. The Morgan fingerprint density at radius 1 is 1.08 bits per heavy atom. The molecular weight excluding hydrogens is 474 g/mol. The minimum atomic E-state index is -0.420. The molecule has 190 valence electrons. The first kappa shape index (κ1) is 24.2. The van der Waals surface area contributed by atoms with Gasteiger partial charge in [0, 0.05) is 45.0 Å². The van der Waals surface area contributed by atoms with Gasteiger partial charge in [0.05, 0.1) is 18.9 Å². The number of hydrogen-bond acceptors (Lipinski definition) is 8. The normalized spacial score (nSPS) is 13.8. The lowest BCUT2D eigenvalue weighted by atomic mass is 10.1. The number of carbonyl (C=O) groups excluding carboxylic acids is 2. The summed E-state index contributed by atoms with van der Waals surface area (Å²) in [5.41, 5.74) is 1.76. The molecule has 4 heterocycles. The summed E-state index contributed by atoms with van der Waals surface area (Å²) >= 11 is 0. The Balaban J connectivity index is 1.66. The molecule has 0 unspecified atom stereocenters. The molecule has 0 radical (unpaired) electrons. The van der Waals surface area contributed by atoms with Crippen molar-refractivity contribution in [2.45, 2.75) is 18.9 Å². The van der Waals surface area contributed by atoms with Gasteiger partial charge in [0.2, 0.25) is 11.8 Å². The molecule has 4 aromatic rings. The standard InChI is InChI=1S/C26H27N7O4/c1-27-26(35)33-16-20(32(2)24(34)19-10-6-7-13-28-19)21-22(33)30-25(29-17-8-4-3-5-9-17)31-23(21)37-18-11-14-36-15-12-18/h3-10,13,16,18H,11-12,14-15H2,1-2H3,(H,27,35)(H,29,30,31). The number of nitrogens with zero attached hydrogens (tertiary/aromatic N) is 5. The number of rotatable bonds is 6. The number of benzene rings is 1. The van der Waals surface area contributed by atoms with Gasteiger partial charge in [-0.3, -0.25) is 14.3 Å². The number of ether oxygens (including phenoxy) is 2. The van der Waals surface area contributed by atoms with E-state index in [1.54, 1.807) is 37.6 Å². The molecule has 1 aromatic carbocycles. The highest BCUT2D eigenvalue weighted by atomic mass is 16.5. The lowest BCUT2D eigenvalue weighted by Gasteiger charge is -2.24. The lowest BCUT2D eigenvalue weighted by Crippen LogP contribution is -2.28. The molecule has 2 N–H and O–H groups in total. The van der Waals surface area contributed by atoms with Gasteiger partial charge < -0.3 is 25.0 Å². The predicted molar refractivity (Wildman–Crippen MR) is 139 cm³/mol. The molecule has 11 heteroatoms. The Bertz CT molecular complexity index is 1400. The summed E-state index contributed by atoms with van der Waals surface area (Å²) in [4.78, 5) is 41.1. The molecule has 2 amide bonds. The smallest absolute Gasteiger partial charge is 0.327 e. The van der Waals surface area contributed by atoms with Crippen LogP contribution in [-0.4, -0.2) is 64.9 Å². The quantitative estimate of drug-likeness (QED) is 0.411. The summed E-state index contributed by atoms with van der Waals surface area (Å²) < 4.78 is 13.2. The van der Waals surface area contributed by atoms with Crippen LogP contribution in [0.15, 0.2) is 60.9 Å². The van der Waals surface area contributed by atoms with Gasteiger partial charge in [0.15, 0.2) is 5.65 Å². The van der Waals surface area contributed by atoms with Crippen molar-refractivity contribution < 1.29 is 19.1 Å². The van der Waals surface area contributed by atoms with E-state index in [0.29, 0.717) is 42.8 Å². The predicted octanol–water partition coefficient (Wildman–Crippen LogP) is 3.59. The zero-order valence-corrected chi connectivity index (χ0v) is 20.5. The third-order valence-corrected chi connectivity index (χ3v) is 6.05. The number of nitrogens with one attached hydrogen (secondary N) is 2. The minimum Gasteiger partial charge on any atom is -0.474 e. The fourth-order valence-corrected chi connectivity index (χ4v) is 4.12. The molecular formula is C26H27N7O4. The average molecular weight is 502 g/mol. The van der Waals surface area contributed by atoms with Gasteiger partial charge in [-0.15, -0.1) is 0 Å². The van der Waals surface area contributed by atoms with E-state index in [9.17, 15) is 9.59 Å². The highest BCUT2D eigenvalue weighted by molar-refractivity contribution is 6.11. The van der Waals surface area contributed by atoms with E-state index >= 15 is 0 Å². The second-order valence-corrected chi connectivity index (χ2v) is 8.49. The molecule has 0 aliphatic carbocycles. The topological polar surface area (TPSA) is 124 Å². The SMILES string of the molecule is CNC(=O)n1cc(N(C)C(=O)c2ccccn2)c2c(OC3CCOCC3)nc(Nc3ccccc3)nc21. The number of carbonyl (C=O) groups is 2. The summed E-state index contributed by atoms with van der Waals surface area (Å²) in [7, 11) is 3.15. The summed E-state index contributed by atoms with van der Waals surface area (Å²) in [6.45, 7) is 1.16. The number of para-hydroxylation sites is 1. The molecule has 0 saturated carbocycles. The molecule has 0 spiro atoms. The number of anilines is 3. The first-order valence-corrected chi connectivity index (χ1v) is 12.0. The Kier molecular flexibility index (Phi) is 6.95. The number of pyridine rings is 1. The molecule has 3 aromatic heterocycles. The fourth-order valence-electron chi connectivity index (χ4n) is 4.12. The zero-order chi connectivity index (χ0) is 25.8. The third-order valence-electron chi connectivity index (χ3n) is 6.05. The third kappa shape index (κ3) is 5.07. The van der Waals surface area contributed by atoms with Crippen molar-refractivity contribution in [3.63, 3.8) is 0 Å². The van der Waals surface area contributed by atoms with Crippen LogP contribution in [0.4, 0.5) is 22.1 Å². The summed E-state index contributed by atoms with van der Waals surface area (Å²) in [5.74, 6) is 0.183. The van der Waals surface area contributed by atoms with Crippen LogP contribution in [0.25, 0.3) is 11.0 Å². The summed E-state index contributed by atoms with van der Waals surface area (Å²) in [6.07, 6.45) is 4.37. The van der Waals surface area contributed by atoms with Crippen molar-refractivity contribution >= 4 is 40.3 Å². The van der Waals surface area contributed by atoms with Crippen LogP contribution in [0.3, 0.4) is 0 Å². The van der Waals surface area contributed by atoms with E-state index in [1.165, 1.54) is 16.5 Å². The van der Waals surface area contributed by atoms with Crippen molar-refractivity contribution in [1.82, 2.24) is 24.8 Å². The zero-order valence-electron chi connectivity index (χ0n) is 20.5. The molecule has 1 saturated heterocycles. The van der Waals surface area contributed by atoms with Crippen LogP contribution in [-0.2, 0) is 4.74 Å². The number of aromatic nitrogens is 4. The maximum Gasteiger partial charge on any atom is 0.327 e. The minimum absolute atomic E-state index is 0.135. The van der Waals surface area contributed by atoms with E-state index < -0.39 is 6.03 Å². The Morgan fingerprint density at radius 2 is 1.84 bits per heavy atom. The number of hydrogen-bond donors (Lipinski definition) is 2. The van der Waals surface area contributed by atoms with Crippen LogP contribution in [0.5, 0.6) is 5.88 Å². The fraction of sp³-hybridized carbons (Fsp3) is 0.269. The molecule has 0 atom stereocenters. The van der Waals surface area contributed by atoms with Gasteiger partial charge in [-0.1, -0.05) is 24.3 Å². The van der Waals surface area contributed by atoms with Crippen molar-refractivity contribution in [2.75, 3.05) is 37.5 Å². The molecule has 1 fully saturated rings. The van der Waals surface area contributed by atoms with Crippen molar-refractivity contribution in [3.8, 4) is 5.88 Å². The van der Waals surface area contributed by atoms with E-state index in [0.717, 1.165) is 5.69 Å². The van der Waals surface area contributed by atoms with Gasteiger partial charge in [0.25, 0.3) is 5.91 Å². The van der Waals surface area contributed by atoms with Gasteiger partial charge in [0.1, 0.15) is 17.2 Å². The molecule has 1 aliphatic rings. The maximum absolute atomic E-state index is 13.3. The highest BCUT2D eigenvalue weighted by Gasteiger charge is 2.28. The Labute approximate surface area is 213 Å². The Morgan fingerprint density at radius 3 is 2.54 bits per heavy atom. The monoisotopic (exact) mass is 501 g/mol. The van der Waals surface area contributed by atoms with Gasteiger partial charge in [-0.05, 0) is 24.3 Å². The van der Waals surface area contributed by atoms with E-state index in [-0.39, 0.29) is 29.5 Å². The van der Waals surface area contributed by atoms with Gasteiger partial charge in [-0.2, -0.15) is 9.97 Å². The van der Waals surface area contributed by atoms with Gasteiger partial charge in [-0.25, -0.2) is 4.79 Å². The summed E-state index contributed by atoms with van der Waals surface area (Å²) in [5, 5.41) is 6.25. The van der Waals surface area contributed by atoms with Crippen molar-refractivity contribution in [1.29, 1.82) is 0 Å². The lowest BCUT2D eigenvalue weighted by molar-refractivity contribution is 0.0244. The summed E-state index contributed by atoms with van der Waals surface area (Å²) in [6, 6.07) is 14.2. The molecule has 5 rings (SSSR count). The maximum atomic E-state index is 13.3. The number of amides is 2. The van der Waals surface area contributed by atoms with Crippen LogP contribution < -0.4 is 20.3 Å². The van der Waals surface area contributed by atoms with Crippen LogP contribution in [0.1, 0.15) is 23.3 Å². The van der Waals surface area contributed by atoms with Crippen LogP contribution in [0, 0.1) is 0 Å². The molecule has 37 heavy (non-hydrogen) atoms. The average Bonchev–Trinajstić information content (AvgIpc) is 3.33. The van der Waals surface area contributed by atoms with E-state index in [1.807, 2.05) is 30.3 Å². The number of fused-ring (bicyclic) bond motifs is 1. The Hall–Kier alpha value is -4.51. The van der Waals surface area contributed by atoms with Crippen LogP contribution in [0.2, 0.25) is 0 Å². The van der Waals surface area contributed by atoms with Gasteiger partial charge >= 0.3 is 6.03 Å². The molecule has 0 bridgehead atoms. The van der Waals surface area contributed by atoms with Crippen molar-refractivity contribution in [3.05, 3.63) is 66.6 Å². The first-order valence-electron chi connectivity index (χ1n) is 12.0. The second-order valence-electron chi connectivity index (χ2n) is 8.49. The first-order chi connectivity index (χ1) is 18.0. The highest BCUT2D eigenvalue weighted by Crippen LogP contribution is 2.37.